The van der Waals surface area contributed by atoms with Gasteiger partial charge in [0.25, 0.3) is 0 Å². The van der Waals surface area contributed by atoms with Gasteiger partial charge >= 0.3 is 0 Å². The average molecular weight is 152 g/mol. The van der Waals surface area contributed by atoms with E-state index in [2.05, 4.69) is 11.4 Å². The SMILES string of the molecule is OC1=Cc2ccsc2CC1. The fraction of sp³-hybridized carbons (Fsp3) is 0.250. The van der Waals surface area contributed by atoms with Crippen molar-refractivity contribution in [3.8, 4) is 0 Å². The first-order valence-corrected chi connectivity index (χ1v) is 4.20. The molecule has 10 heavy (non-hydrogen) atoms. The second kappa shape index (κ2) is 2.13. The lowest BCUT2D eigenvalue weighted by molar-refractivity contribution is 0.392. The van der Waals surface area contributed by atoms with E-state index in [1.165, 1.54) is 10.4 Å². The molecule has 52 valence electrons. The molecule has 0 saturated heterocycles. The van der Waals surface area contributed by atoms with E-state index in [0.29, 0.717) is 5.76 Å². The Morgan fingerprint density at radius 3 is 3.20 bits per heavy atom. The third kappa shape index (κ3) is 0.847. The number of aliphatic hydroxyl groups excluding tert-OH is 1. The van der Waals surface area contributed by atoms with Gasteiger partial charge in [0.2, 0.25) is 0 Å². The fourth-order valence-electron chi connectivity index (χ4n) is 1.18. The zero-order chi connectivity index (χ0) is 6.97. The Kier molecular flexibility index (Phi) is 1.27. The Hall–Kier alpha value is -0.760. The van der Waals surface area contributed by atoms with E-state index >= 15 is 0 Å². The number of allylic oxidation sites excluding steroid dienone is 1. The average Bonchev–Trinajstić information content (AvgIpc) is 2.33. The molecule has 0 radical (unpaired) electrons. The number of aliphatic hydroxyl groups is 1. The highest BCUT2D eigenvalue weighted by Crippen LogP contribution is 2.26. The Morgan fingerprint density at radius 1 is 1.40 bits per heavy atom. The zero-order valence-electron chi connectivity index (χ0n) is 5.50. The van der Waals surface area contributed by atoms with Crippen LogP contribution < -0.4 is 0 Å². The van der Waals surface area contributed by atoms with Crippen LogP contribution in [0.25, 0.3) is 6.08 Å². The summed E-state index contributed by atoms with van der Waals surface area (Å²) in [5.74, 6) is 0.519. The number of hydrogen-bond acceptors (Lipinski definition) is 2. The molecule has 0 spiro atoms. The molecular weight excluding hydrogens is 144 g/mol. The van der Waals surface area contributed by atoms with Crippen LogP contribution in [0.5, 0.6) is 0 Å². The summed E-state index contributed by atoms with van der Waals surface area (Å²) in [7, 11) is 0. The first-order chi connectivity index (χ1) is 4.86. The van der Waals surface area contributed by atoms with Crippen LogP contribution in [0.15, 0.2) is 17.2 Å². The molecule has 1 nitrogen and oxygen atoms in total. The summed E-state index contributed by atoms with van der Waals surface area (Å²) in [6.45, 7) is 0. The van der Waals surface area contributed by atoms with Crippen LogP contribution in [0.2, 0.25) is 0 Å². The second-order valence-corrected chi connectivity index (χ2v) is 3.44. The van der Waals surface area contributed by atoms with Crippen molar-refractivity contribution in [1.29, 1.82) is 0 Å². The molecule has 1 aliphatic rings. The second-order valence-electron chi connectivity index (χ2n) is 2.43. The van der Waals surface area contributed by atoms with Crippen molar-refractivity contribution in [1.82, 2.24) is 0 Å². The van der Waals surface area contributed by atoms with E-state index in [4.69, 9.17) is 5.11 Å². The number of fused-ring (bicyclic) bond motifs is 1. The van der Waals surface area contributed by atoms with Gasteiger partial charge in [0, 0.05) is 11.3 Å². The highest BCUT2D eigenvalue weighted by Gasteiger charge is 2.09. The smallest absolute Gasteiger partial charge is 0.0932 e. The molecule has 0 amide bonds. The van der Waals surface area contributed by atoms with Crippen molar-refractivity contribution < 1.29 is 5.11 Å². The molecule has 0 unspecified atom stereocenters. The maximum absolute atomic E-state index is 9.14. The molecule has 1 heterocycles. The topological polar surface area (TPSA) is 20.2 Å². The van der Waals surface area contributed by atoms with Crippen LogP contribution >= 0.6 is 11.3 Å². The lowest BCUT2D eigenvalue weighted by atomic mass is 10.1. The lowest BCUT2D eigenvalue weighted by Crippen LogP contribution is -1.93. The first-order valence-electron chi connectivity index (χ1n) is 3.32. The van der Waals surface area contributed by atoms with Crippen molar-refractivity contribution in [2.45, 2.75) is 12.8 Å². The molecule has 1 aromatic heterocycles. The summed E-state index contributed by atoms with van der Waals surface area (Å²) in [6, 6.07) is 2.05. The van der Waals surface area contributed by atoms with E-state index in [-0.39, 0.29) is 0 Å². The monoisotopic (exact) mass is 152 g/mol. The van der Waals surface area contributed by atoms with E-state index in [1.54, 1.807) is 11.3 Å². The maximum atomic E-state index is 9.14. The highest BCUT2D eigenvalue weighted by molar-refractivity contribution is 7.10. The third-order valence-corrected chi connectivity index (χ3v) is 2.71. The van der Waals surface area contributed by atoms with Gasteiger partial charge in [-0.05, 0) is 29.5 Å². The summed E-state index contributed by atoms with van der Waals surface area (Å²) >= 11 is 1.77. The molecular formula is C8H8OS. The van der Waals surface area contributed by atoms with Crippen molar-refractivity contribution in [3.63, 3.8) is 0 Å². The predicted octanol–water partition coefficient (Wildman–Crippen LogP) is 2.59. The summed E-state index contributed by atoms with van der Waals surface area (Å²) in [5.41, 5.74) is 1.20. The Bertz CT molecular complexity index is 273. The minimum Gasteiger partial charge on any atom is -0.512 e. The van der Waals surface area contributed by atoms with E-state index < -0.39 is 0 Å². The van der Waals surface area contributed by atoms with Crippen molar-refractivity contribution >= 4 is 17.4 Å². The maximum Gasteiger partial charge on any atom is 0.0932 e. The van der Waals surface area contributed by atoms with E-state index in [9.17, 15) is 0 Å². The molecule has 0 aromatic carbocycles. The summed E-state index contributed by atoms with van der Waals surface area (Å²) < 4.78 is 0. The molecule has 0 bridgehead atoms. The standard InChI is InChI=1S/C8H8OS/c9-7-1-2-8-6(5-7)3-4-10-8/h3-5,9H,1-2H2. The quantitative estimate of drug-likeness (QED) is 0.605. The molecule has 0 aliphatic heterocycles. The minimum absolute atomic E-state index is 0.519. The van der Waals surface area contributed by atoms with Crippen molar-refractivity contribution in [2.24, 2.45) is 0 Å². The van der Waals surface area contributed by atoms with Crippen LogP contribution in [0.4, 0.5) is 0 Å². The summed E-state index contributed by atoms with van der Waals surface area (Å²) in [5, 5.41) is 11.2. The van der Waals surface area contributed by atoms with Gasteiger partial charge in [-0.3, -0.25) is 0 Å². The van der Waals surface area contributed by atoms with Crippen LogP contribution in [0, 0.1) is 0 Å². The molecule has 2 rings (SSSR count). The normalized spacial score (nSPS) is 16.2. The van der Waals surface area contributed by atoms with Gasteiger partial charge in [-0.2, -0.15) is 0 Å². The Morgan fingerprint density at radius 2 is 2.30 bits per heavy atom. The first kappa shape index (κ1) is 5.98. The molecule has 0 fully saturated rings. The van der Waals surface area contributed by atoms with Gasteiger partial charge in [0.05, 0.1) is 5.76 Å². The third-order valence-electron chi connectivity index (χ3n) is 1.71. The minimum atomic E-state index is 0.519. The van der Waals surface area contributed by atoms with Gasteiger partial charge in [-0.25, -0.2) is 0 Å². The molecule has 2 heteroatoms. The van der Waals surface area contributed by atoms with Crippen LogP contribution in [-0.4, -0.2) is 5.11 Å². The van der Waals surface area contributed by atoms with Crippen molar-refractivity contribution in [2.75, 3.05) is 0 Å². The van der Waals surface area contributed by atoms with Crippen LogP contribution in [0.1, 0.15) is 16.9 Å². The Labute approximate surface area is 63.6 Å². The van der Waals surface area contributed by atoms with Gasteiger partial charge in [0.15, 0.2) is 0 Å². The van der Waals surface area contributed by atoms with E-state index in [0.717, 1.165) is 12.8 Å². The highest BCUT2D eigenvalue weighted by atomic mass is 32.1. The number of thiophene rings is 1. The van der Waals surface area contributed by atoms with Gasteiger partial charge < -0.3 is 5.11 Å². The predicted molar refractivity (Wildman–Crippen MR) is 43.2 cm³/mol. The zero-order valence-corrected chi connectivity index (χ0v) is 6.32. The van der Waals surface area contributed by atoms with Gasteiger partial charge in [-0.1, -0.05) is 0 Å². The summed E-state index contributed by atoms with van der Waals surface area (Å²) in [4.78, 5) is 1.40. The lowest BCUT2D eigenvalue weighted by Gasteiger charge is -2.06. The molecule has 1 aliphatic carbocycles. The van der Waals surface area contributed by atoms with Gasteiger partial charge in [0.1, 0.15) is 0 Å². The molecule has 0 atom stereocenters. The fourth-order valence-corrected chi connectivity index (χ4v) is 2.04. The molecule has 0 saturated carbocycles. The van der Waals surface area contributed by atoms with Crippen LogP contribution in [0.3, 0.4) is 0 Å². The largest absolute Gasteiger partial charge is 0.512 e. The van der Waals surface area contributed by atoms with Gasteiger partial charge in [-0.15, -0.1) is 11.3 Å². The Balaban J connectivity index is 2.50. The number of aryl methyl sites for hydroxylation is 1. The molecule has 1 aromatic rings. The number of rotatable bonds is 0. The van der Waals surface area contributed by atoms with Crippen LogP contribution in [-0.2, 0) is 6.42 Å². The van der Waals surface area contributed by atoms with Crippen molar-refractivity contribution in [3.05, 3.63) is 27.6 Å². The molecule has 1 N–H and O–H groups in total. The summed E-state index contributed by atoms with van der Waals surface area (Å²) in [6.07, 6.45) is 3.68. The number of hydrogen-bond donors (Lipinski definition) is 1. The van der Waals surface area contributed by atoms with E-state index in [1.807, 2.05) is 6.08 Å².